The summed E-state index contributed by atoms with van der Waals surface area (Å²) >= 11 is 0. The van der Waals surface area contributed by atoms with E-state index in [4.69, 9.17) is 0 Å². The Morgan fingerprint density at radius 2 is 2.05 bits per heavy atom. The molecule has 1 atom stereocenters. The number of amides is 2. The number of nitrogens with one attached hydrogen (secondary N) is 1. The van der Waals surface area contributed by atoms with Crippen molar-refractivity contribution < 1.29 is 18.0 Å². The summed E-state index contributed by atoms with van der Waals surface area (Å²) in [6.07, 6.45) is 0.241. The van der Waals surface area contributed by atoms with Gasteiger partial charge in [-0.25, -0.2) is 8.42 Å². The van der Waals surface area contributed by atoms with Crippen molar-refractivity contribution in [3.63, 3.8) is 0 Å². The van der Waals surface area contributed by atoms with E-state index in [0.717, 1.165) is 0 Å². The normalized spacial score (nSPS) is 18.9. The van der Waals surface area contributed by atoms with Crippen LogP contribution < -0.4 is 5.32 Å². The van der Waals surface area contributed by atoms with Gasteiger partial charge in [0.2, 0.25) is 5.91 Å². The maximum atomic E-state index is 12.3. The van der Waals surface area contributed by atoms with Crippen LogP contribution in [-0.4, -0.2) is 50.5 Å². The molecule has 114 valence electrons. The van der Waals surface area contributed by atoms with Gasteiger partial charge >= 0.3 is 0 Å². The number of hydrogen-bond acceptors (Lipinski definition) is 4. The predicted octanol–water partition coefficient (Wildman–Crippen LogP) is 0.441. The zero-order valence-electron chi connectivity index (χ0n) is 12.0. The van der Waals surface area contributed by atoms with Gasteiger partial charge in [0.05, 0.1) is 22.3 Å². The molecule has 1 aliphatic heterocycles. The van der Waals surface area contributed by atoms with E-state index in [1.54, 1.807) is 24.1 Å². The number of carbonyl (C=O) groups is 2. The van der Waals surface area contributed by atoms with E-state index < -0.39 is 15.7 Å². The maximum absolute atomic E-state index is 12.3. The fraction of sp³-hybridized carbons (Fsp3) is 0.429. The highest BCUT2D eigenvalue weighted by Gasteiger charge is 2.29. The first-order valence-electron chi connectivity index (χ1n) is 6.71. The monoisotopic (exact) mass is 310 g/mol. The van der Waals surface area contributed by atoms with Crippen LogP contribution in [0.1, 0.15) is 23.7 Å². The molecule has 21 heavy (non-hydrogen) atoms. The molecule has 0 aliphatic carbocycles. The molecule has 0 unspecified atom stereocenters. The molecule has 1 fully saturated rings. The first kappa shape index (κ1) is 15.5. The zero-order chi connectivity index (χ0) is 15.6. The number of benzene rings is 1. The maximum Gasteiger partial charge on any atom is 0.252 e. The van der Waals surface area contributed by atoms with E-state index in [-0.39, 0.29) is 34.6 Å². The molecular formula is C14H18N2O4S. The minimum atomic E-state index is -3.47. The van der Waals surface area contributed by atoms with Crippen molar-refractivity contribution >= 4 is 21.7 Å². The molecule has 1 N–H and O–H groups in total. The molecule has 7 heteroatoms. The fourth-order valence-corrected chi connectivity index (χ4v) is 3.40. The number of likely N-dealkylation sites (tertiary alicyclic amines) is 1. The Hall–Kier alpha value is -1.89. The SMILES string of the molecule is CCS(=O)(=O)c1ccccc1C(=O)N[C@H]1CC(=O)N(C)C1. The second kappa shape index (κ2) is 5.85. The number of rotatable bonds is 4. The molecule has 1 saturated heterocycles. The van der Waals surface area contributed by atoms with Crippen LogP contribution in [0.15, 0.2) is 29.2 Å². The summed E-state index contributed by atoms with van der Waals surface area (Å²) < 4.78 is 24.1. The molecule has 1 aliphatic rings. The average Bonchev–Trinajstić information content (AvgIpc) is 2.77. The number of likely N-dealkylation sites (N-methyl/N-ethyl adjacent to an activating group) is 1. The Labute approximate surface area is 124 Å². The van der Waals surface area contributed by atoms with E-state index >= 15 is 0 Å². The van der Waals surface area contributed by atoms with Gasteiger partial charge < -0.3 is 10.2 Å². The lowest BCUT2D eigenvalue weighted by molar-refractivity contribution is -0.126. The molecule has 2 rings (SSSR count). The van der Waals surface area contributed by atoms with E-state index in [1.807, 2.05) is 0 Å². The standard InChI is InChI=1S/C14H18N2O4S/c1-3-21(19,20)12-7-5-4-6-11(12)14(18)15-10-8-13(17)16(2)9-10/h4-7,10H,3,8-9H2,1-2H3,(H,15,18)/t10-/m0/s1. The van der Waals surface area contributed by atoms with Gasteiger partial charge in [-0.05, 0) is 12.1 Å². The third kappa shape index (κ3) is 3.24. The lowest BCUT2D eigenvalue weighted by Crippen LogP contribution is -2.37. The molecule has 6 nitrogen and oxygen atoms in total. The largest absolute Gasteiger partial charge is 0.347 e. The summed E-state index contributed by atoms with van der Waals surface area (Å²) in [7, 11) is -1.80. The minimum Gasteiger partial charge on any atom is -0.347 e. The second-order valence-corrected chi connectivity index (χ2v) is 7.30. The van der Waals surface area contributed by atoms with Crippen LogP contribution >= 0.6 is 0 Å². The van der Waals surface area contributed by atoms with Crippen molar-refractivity contribution in [3.8, 4) is 0 Å². The molecule has 0 aromatic heterocycles. The van der Waals surface area contributed by atoms with Gasteiger partial charge in [0, 0.05) is 20.0 Å². The highest BCUT2D eigenvalue weighted by molar-refractivity contribution is 7.91. The van der Waals surface area contributed by atoms with Crippen LogP contribution in [0.2, 0.25) is 0 Å². The van der Waals surface area contributed by atoms with Crippen molar-refractivity contribution in [3.05, 3.63) is 29.8 Å². The van der Waals surface area contributed by atoms with E-state index in [9.17, 15) is 18.0 Å². The average molecular weight is 310 g/mol. The second-order valence-electron chi connectivity index (χ2n) is 5.05. The Balaban J connectivity index is 2.23. The van der Waals surface area contributed by atoms with Crippen molar-refractivity contribution in [2.24, 2.45) is 0 Å². The third-order valence-corrected chi connectivity index (χ3v) is 5.31. The Morgan fingerprint density at radius 1 is 1.38 bits per heavy atom. The molecule has 0 bridgehead atoms. The van der Waals surface area contributed by atoms with Crippen LogP contribution in [0.3, 0.4) is 0 Å². The first-order valence-corrected chi connectivity index (χ1v) is 8.37. The summed E-state index contributed by atoms with van der Waals surface area (Å²) in [6, 6.07) is 5.84. The van der Waals surface area contributed by atoms with Crippen molar-refractivity contribution in [1.29, 1.82) is 0 Å². The number of sulfone groups is 1. The molecule has 1 aromatic rings. The minimum absolute atomic E-state index is 0.0303. The third-order valence-electron chi connectivity index (χ3n) is 3.52. The molecule has 1 heterocycles. The number of carbonyl (C=O) groups excluding carboxylic acids is 2. The Morgan fingerprint density at radius 3 is 2.62 bits per heavy atom. The Bertz CT molecular complexity index is 669. The van der Waals surface area contributed by atoms with Gasteiger partial charge in [-0.1, -0.05) is 19.1 Å². The molecule has 2 amide bonds. The van der Waals surface area contributed by atoms with Gasteiger partial charge in [0.25, 0.3) is 5.91 Å². The number of nitrogens with zero attached hydrogens (tertiary/aromatic N) is 1. The van der Waals surface area contributed by atoms with E-state index in [1.165, 1.54) is 19.1 Å². The molecular weight excluding hydrogens is 292 g/mol. The summed E-state index contributed by atoms with van der Waals surface area (Å²) in [5.41, 5.74) is 0.126. The molecule has 1 aromatic carbocycles. The summed E-state index contributed by atoms with van der Waals surface area (Å²) in [5.74, 6) is -0.562. The lowest BCUT2D eigenvalue weighted by atomic mass is 10.2. The smallest absolute Gasteiger partial charge is 0.252 e. The highest BCUT2D eigenvalue weighted by atomic mass is 32.2. The topological polar surface area (TPSA) is 83.5 Å². The molecule has 0 radical (unpaired) electrons. The van der Waals surface area contributed by atoms with Gasteiger partial charge in [0.1, 0.15) is 0 Å². The van der Waals surface area contributed by atoms with Crippen LogP contribution in [0.25, 0.3) is 0 Å². The summed E-state index contributed by atoms with van der Waals surface area (Å²) in [6.45, 7) is 1.97. The van der Waals surface area contributed by atoms with Crippen LogP contribution in [-0.2, 0) is 14.6 Å². The van der Waals surface area contributed by atoms with Crippen molar-refractivity contribution in [1.82, 2.24) is 10.2 Å². The first-order chi connectivity index (χ1) is 9.85. The van der Waals surface area contributed by atoms with E-state index in [0.29, 0.717) is 6.54 Å². The van der Waals surface area contributed by atoms with Crippen molar-refractivity contribution in [2.75, 3.05) is 19.3 Å². The van der Waals surface area contributed by atoms with Crippen molar-refractivity contribution in [2.45, 2.75) is 24.3 Å². The van der Waals surface area contributed by atoms with E-state index in [2.05, 4.69) is 5.32 Å². The molecule has 0 spiro atoms. The number of hydrogen-bond donors (Lipinski definition) is 1. The lowest BCUT2D eigenvalue weighted by Gasteiger charge is -2.14. The summed E-state index contributed by atoms with van der Waals surface area (Å²) in [4.78, 5) is 25.3. The highest BCUT2D eigenvalue weighted by Crippen LogP contribution is 2.18. The zero-order valence-corrected chi connectivity index (χ0v) is 12.8. The predicted molar refractivity (Wildman–Crippen MR) is 77.7 cm³/mol. The van der Waals surface area contributed by atoms with Crippen LogP contribution in [0.5, 0.6) is 0 Å². The van der Waals surface area contributed by atoms with Gasteiger partial charge in [-0.2, -0.15) is 0 Å². The van der Waals surface area contributed by atoms with Crippen LogP contribution in [0.4, 0.5) is 0 Å². The quantitative estimate of drug-likeness (QED) is 0.875. The van der Waals surface area contributed by atoms with Gasteiger partial charge in [-0.3, -0.25) is 9.59 Å². The fourth-order valence-electron chi connectivity index (χ4n) is 2.30. The van der Waals surface area contributed by atoms with Gasteiger partial charge in [0.15, 0.2) is 9.84 Å². The Kier molecular flexibility index (Phi) is 4.32. The van der Waals surface area contributed by atoms with Gasteiger partial charge in [-0.15, -0.1) is 0 Å². The van der Waals surface area contributed by atoms with Crippen LogP contribution in [0, 0.1) is 0 Å². The molecule has 0 saturated carbocycles. The summed E-state index contributed by atoms with van der Waals surface area (Å²) in [5, 5.41) is 2.73.